The molecule has 0 saturated heterocycles. The summed E-state index contributed by atoms with van der Waals surface area (Å²) in [5, 5.41) is 0. The predicted octanol–water partition coefficient (Wildman–Crippen LogP) is -0.00990. The van der Waals surface area contributed by atoms with E-state index in [0.717, 1.165) is 0 Å². The molecule has 2 heterocycles. The molecule has 0 amide bonds. The smallest absolute Gasteiger partial charge is 0.343 e. The maximum absolute atomic E-state index is 11.6. The fourth-order valence-electron chi connectivity index (χ4n) is 1.56. The van der Waals surface area contributed by atoms with Crippen molar-refractivity contribution < 1.29 is 14.3 Å². The van der Waals surface area contributed by atoms with Crippen LogP contribution in [0.5, 0.6) is 5.75 Å². The van der Waals surface area contributed by atoms with Gasteiger partial charge in [-0.25, -0.2) is 4.79 Å². The van der Waals surface area contributed by atoms with E-state index in [4.69, 9.17) is 4.74 Å². The first-order chi connectivity index (χ1) is 7.63. The first-order valence-electron chi connectivity index (χ1n) is 4.83. The monoisotopic (exact) mass is 224 g/mol. The number of fused-ring (bicyclic) bond motifs is 1. The number of methoxy groups -OCH3 is 1. The van der Waals surface area contributed by atoms with Crippen molar-refractivity contribution in [2.24, 2.45) is 0 Å². The van der Waals surface area contributed by atoms with Gasteiger partial charge >= 0.3 is 5.97 Å². The van der Waals surface area contributed by atoms with Gasteiger partial charge in [-0.1, -0.05) is 0 Å². The summed E-state index contributed by atoms with van der Waals surface area (Å²) in [6.45, 7) is 1.22. The zero-order valence-corrected chi connectivity index (χ0v) is 9.07. The Kier molecular flexibility index (Phi) is 2.55. The number of aromatic nitrogens is 1. The van der Waals surface area contributed by atoms with Gasteiger partial charge in [-0.15, -0.1) is 0 Å². The van der Waals surface area contributed by atoms with E-state index in [-0.39, 0.29) is 5.56 Å². The fraction of sp³-hybridized carbons (Fsp3) is 0.400. The first-order valence-corrected chi connectivity index (χ1v) is 4.83. The van der Waals surface area contributed by atoms with E-state index in [1.54, 1.807) is 0 Å². The Hall–Kier alpha value is -1.98. The molecule has 2 rings (SSSR count). The number of esters is 1. The number of carbonyl (C=O) groups is 1. The molecule has 1 aromatic heterocycles. The van der Waals surface area contributed by atoms with Crippen LogP contribution in [-0.4, -0.2) is 38.3 Å². The maximum atomic E-state index is 11.6. The molecule has 0 bridgehead atoms. The Bertz CT molecular complexity index is 480. The van der Waals surface area contributed by atoms with Gasteiger partial charge in [-0.05, 0) is 0 Å². The van der Waals surface area contributed by atoms with E-state index in [1.165, 1.54) is 13.2 Å². The fourth-order valence-corrected chi connectivity index (χ4v) is 1.56. The molecule has 0 spiro atoms. The average Bonchev–Trinajstić information content (AvgIpc) is 2.29. The second kappa shape index (κ2) is 3.88. The van der Waals surface area contributed by atoms with E-state index < -0.39 is 11.5 Å². The third kappa shape index (κ3) is 1.62. The first kappa shape index (κ1) is 10.5. The molecular weight excluding hydrogens is 212 g/mol. The quantitative estimate of drug-likeness (QED) is 0.679. The Balaban J connectivity index is 2.53. The van der Waals surface area contributed by atoms with Crippen molar-refractivity contribution in [3.8, 4) is 5.75 Å². The molecule has 0 aromatic carbocycles. The highest BCUT2D eigenvalue weighted by molar-refractivity contribution is 5.89. The largest absolute Gasteiger partial charge is 0.488 e. The lowest BCUT2D eigenvalue weighted by Crippen LogP contribution is -2.32. The van der Waals surface area contributed by atoms with Gasteiger partial charge in [-0.3, -0.25) is 4.79 Å². The molecule has 0 radical (unpaired) electrons. The minimum absolute atomic E-state index is 0.0449. The van der Waals surface area contributed by atoms with Crippen molar-refractivity contribution in [1.82, 2.24) is 4.98 Å². The predicted molar refractivity (Wildman–Crippen MR) is 57.2 cm³/mol. The third-order valence-electron chi connectivity index (χ3n) is 2.46. The Morgan fingerprint density at radius 2 is 2.38 bits per heavy atom. The standard InChI is InChI=1S/C10H12N2O4/c1-12-3-4-16-7-5-6(10(14)15-2)9(13)11-8(7)12/h5H,3-4H2,1-2H3,(H,11,13). The normalized spacial score (nSPS) is 14.0. The number of hydrogen-bond donors (Lipinski definition) is 1. The van der Waals surface area contributed by atoms with Crippen molar-refractivity contribution >= 4 is 11.8 Å². The lowest BCUT2D eigenvalue weighted by molar-refractivity contribution is 0.0598. The summed E-state index contributed by atoms with van der Waals surface area (Å²) in [6.07, 6.45) is 0. The molecule has 6 heteroatoms. The van der Waals surface area contributed by atoms with Gasteiger partial charge in [0.1, 0.15) is 12.2 Å². The molecule has 1 N–H and O–H groups in total. The summed E-state index contributed by atoms with van der Waals surface area (Å²) in [6, 6.07) is 1.41. The molecule has 0 fully saturated rings. The summed E-state index contributed by atoms with van der Waals surface area (Å²) in [7, 11) is 3.07. The highest BCUT2D eigenvalue weighted by Gasteiger charge is 2.20. The highest BCUT2D eigenvalue weighted by Crippen LogP contribution is 2.27. The van der Waals surface area contributed by atoms with Crippen molar-refractivity contribution in [3.63, 3.8) is 0 Å². The Morgan fingerprint density at radius 3 is 3.06 bits per heavy atom. The number of nitrogens with one attached hydrogen (secondary N) is 1. The Labute approximate surface area is 91.8 Å². The minimum atomic E-state index is -0.666. The molecular formula is C10H12N2O4. The van der Waals surface area contributed by atoms with E-state index >= 15 is 0 Å². The summed E-state index contributed by atoms with van der Waals surface area (Å²) >= 11 is 0. The van der Waals surface area contributed by atoms with Crippen LogP contribution in [0.15, 0.2) is 10.9 Å². The topological polar surface area (TPSA) is 71.6 Å². The van der Waals surface area contributed by atoms with Crippen molar-refractivity contribution in [2.45, 2.75) is 0 Å². The molecule has 1 aromatic rings. The summed E-state index contributed by atoms with van der Waals surface area (Å²) in [5.74, 6) is 0.415. The lowest BCUT2D eigenvalue weighted by atomic mass is 10.2. The second-order valence-electron chi connectivity index (χ2n) is 3.49. The summed E-state index contributed by atoms with van der Waals surface area (Å²) in [4.78, 5) is 27.4. The van der Waals surface area contributed by atoms with Crippen molar-refractivity contribution in [3.05, 3.63) is 22.0 Å². The number of pyridine rings is 1. The number of likely N-dealkylation sites (N-methyl/N-ethyl adjacent to an activating group) is 1. The molecule has 1 aliphatic heterocycles. The number of aromatic amines is 1. The molecule has 6 nitrogen and oxygen atoms in total. The van der Waals surface area contributed by atoms with E-state index in [0.29, 0.717) is 24.7 Å². The molecule has 86 valence electrons. The molecule has 1 aliphatic rings. The van der Waals surface area contributed by atoms with Gasteiger partial charge in [0.15, 0.2) is 11.6 Å². The zero-order chi connectivity index (χ0) is 11.7. The third-order valence-corrected chi connectivity index (χ3v) is 2.46. The number of carbonyl (C=O) groups excluding carboxylic acids is 1. The minimum Gasteiger partial charge on any atom is -0.488 e. The van der Waals surface area contributed by atoms with Crippen LogP contribution >= 0.6 is 0 Å². The number of nitrogens with zero attached hydrogens (tertiary/aromatic N) is 1. The van der Waals surface area contributed by atoms with Crippen LogP contribution in [-0.2, 0) is 4.74 Å². The van der Waals surface area contributed by atoms with Gasteiger partial charge in [-0.2, -0.15) is 0 Å². The van der Waals surface area contributed by atoms with Gasteiger partial charge < -0.3 is 19.4 Å². The van der Waals surface area contributed by atoms with E-state index in [1.807, 2.05) is 11.9 Å². The highest BCUT2D eigenvalue weighted by atomic mass is 16.5. The molecule has 0 unspecified atom stereocenters. The SMILES string of the molecule is COC(=O)c1cc2c([nH]c1=O)N(C)CCO2. The van der Waals surface area contributed by atoms with Gasteiger partial charge in [0.2, 0.25) is 0 Å². The van der Waals surface area contributed by atoms with E-state index in [9.17, 15) is 9.59 Å². The van der Waals surface area contributed by atoms with Crippen LogP contribution in [0.4, 0.5) is 5.82 Å². The number of hydrogen-bond acceptors (Lipinski definition) is 5. The van der Waals surface area contributed by atoms with Crippen LogP contribution in [0.3, 0.4) is 0 Å². The summed E-state index contributed by atoms with van der Waals surface area (Å²) < 4.78 is 9.87. The van der Waals surface area contributed by atoms with E-state index in [2.05, 4.69) is 9.72 Å². The molecule has 0 atom stereocenters. The maximum Gasteiger partial charge on any atom is 0.343 e. The number of rotatable bonds is 1. The number of H-pyrrole nitrogens is 1. The van der Waals surface area contributed by atoms with Crippen LogP contribution in [0.2, 0.25) is 0 Å². The van der Waals surface area contributed by atoms with Crippen LogP contribution in [0.25, 0.3) is 0 Å². The van der Waals surface area contributed by atoms with Gasteiger partial charge in [0.05, 0.1) is 13.7 Å². The molecule has 0 saturated carbocycles. The summed E-state index contributed by atoms with van der Waals surface area (Å²) in [5.41, 5.74) is -0.514. The van der Waals surface area contributed by atoms with Crippen LogP contribution < -0.4 is 15.2 Å². The molecule has 0 aliphatic carbocycles. The second-order valence-corrected chi connectivity index (χ2v) is 3.49. The van der Waals surface area contributed by atoms with Crippen LogP contribution in [0.1, 0.15) is 10.4 Å². The van der Waals surface area contributed by atoms with Crippen molar-refractivity contribution in [2.75, 3.05) is 32.2 Å². The number of anilines is 1. The number of ether oxygens (including phenoxy) is 2. The van der Waals surface area contributed by atoms with Gasteiger partial charge in [0.25, 0.3) is 5.56 Å². The zero-order valence-electron chi connectivity index (χ0n) is 9.07. The van der Waals surface area contributed by atoms with Crippen molar-refractivity contribution in [1.29, 1.82) is 0 Å². The van der Waals surface area contributed by atoms with Gasteiger partial charge in [0, 0.05) is 13.1 Å². The van der Waals surface area contributed by atoms with Crippen LogP contribution in [0, 0.1) is 0 Å². The lowest BCUT2D eigenvalue weighted by Gasteiger charge is -2.26. The Morgan fingerprint density at radius 1 is 1.62 bits per heavy atom. The average molecular weight is 224 g/mol. The molecule has 16 heavy (non-hydrogen) atoms.